The van der Waals surface area contributed by atoms with Crippen molar-refractivity contribution < 1.29 is 17.9 Å². The summed E-state index contributed by atoms with van der Waals surface area (Å²) in [7, 11) is -3.65. The number of benzene rings is 1. The van der Waals surface area contributed by atoms with E-state index >= 15 is 0 Å². The van der Waals surface area contributed by atoms with Gasteiger partial charge in [0.1, 0.15) is 0 Å². The molecule has 1 aromatic carbocycles. The predicted octanol–water partition coefficient (Wildman–Crippen LogP) is 2.18. The number of imidazole rings is 1. The molecule has 0 saturated carbocycles. The Morgan fingerprint density at radius 1 is 1.33 bits per heavy atom. The third-order valence-electron chi connectivity index (χ3n) is 5.66. The van der Waals surface area contributed by atoms with Gasteiger partial charge >= 0.3 is 5.97 Å². The van der Waals surface area contributed by atoms with Crippen molar-refractivity contribution in [3.63, 3.8) is 0 Å². The SMILES string of the molecule is CCOC(=O)[C@@H]1[C@H]2CN(S(=O)(=O)c3ccc4nc[nH]c4c3)C[C@@H]2C=C[C@@H]1C. The minimum Gasteiger partial charge on any atom is -0.466 e. The summed E-state index contributed by atoms with van der Waals surface area (Å²) < 4.78 is 33.1. The van der Waals surface area contributed by atoms with Gasteiger partial charge in [-0.05, 0) is 42.9 Å². The molecule has 1 saturated heterocycles. The molecule has 0 spiro atoms. The number of hydrogen-bond donors (Lipinski definition) is 1. The highest BCUT2D eigenvalue weighted by Gasteiger charge is 2.47. The van der Waals surface area contributed by atoms with Crippen molar-refractivity contribution in [1.82, 2.24) is 14.3 Å². The lowest BCUT2D eigenvalue weighted by Crippen LogP contribution is -2.37. The third-order valence-corrected chi connectivity index (χ3v) is 7.48. The van der Waals surface area contributed by atoms with Crippen molar-refractivity contribution in [3.05, 3.63) is 36.7 Å². The summed E-state index contributed by atoms with van der Waals surface area (Å²) >= 11 is 0. The van der Waals surface area contributed by atoms with Crippen LogP contribution in [0.2, 0.25) is 0 Å². The molecule has 144 valence electrons. The Labute approximate surface area is 158 Å². The number of esters is 1. The van der Waals surface area contributed by atoms with Crippen LogP contribution in [0.25, 0.3) is 11.0 Å². The average molecular weight is 389 g/mol. The normalized spacial score (nSPS) is 28.4. The maximum Gasteiger partial charge on any atom is 0.309 e. The number of sulfonamides is 1. The van der Waals surface area contributed by atoms with Crippen LogP contribution in [-0.4, -0.2) is 48.4 Å². The van der Waals surface area contributed by atoms with E-state index in [0.717, 1.165) is 5.52 Å². The van der Waals surface area contributed by atoms with Crippen LogP contribution in [-0.2, 0) is 19.6 Å². The molecule has 0 unspecified atom stereocenters. The highest BCUT2D eigenvalue weighted by molar-refractivity contribution is 7.89. The Kier molecular flexibility index (Phi) is 4.55. The van der Waals surface area contributed by atoms with Crippen LogP contribution in [0.4, 0.5) is 0 Å². The van der Waals surface area contributed by atoms with E-state index in [4.69, 9.17) is 4.74 Å². The summed E-state index contributed by atoms with van der Waals surface area (Å²) in [5.74, 6) is -0.539. The number of aromatic nitrogens is 2. The first-order valence-electron chi connectivity index (χ1n) is 9.20. The number of fused-ring (bicyclic) bond motifs is 2. The van der Waals surface area contributed by atoms with Gasteiger partial charge in [0.05, 0.1) is 34.8 Å². The van der Waals surface area contributed by atoms with E-state index < -0.39 is 10.0 Å². The Morgan fingerprint density at radius 3 is 2.93 bits per heavy atom. The quantitative estimate of drug-likeness (QED) is 0.639. The first-order valence-corrected chi connectivity index (χ1v) is 10.6. The van der Waals surface area contributed by atoms with Crippen LogP contribution in [0.15, 0.2) is 41.6 Å². The molecule has 0 bridgehead atoms. The fourth-order valence-corrected chi connectivity index (χ4v) is 5.82. The molecule has 2 heterocycles. The molecule has 1 fully saturated rings. The summed E-state index contributed by atoms with van der Waals surface area (Å²) in [6.45, 7) is 4.81. The van der Waals surface area contributed by atoms with Gasteiger partial charge in [-0.1, -0.05) is 19.1 Å². The van der Waals surface area contributed by atoms with Gasteiger partial charge in [0.15, 0.2) is 0 Å². The monoisotopic (exact) mass is 389 g/mol. The zero-order valence-corrected chi connectivity index (χ0v) is 16.1. The fraction of sp³-hybridized carbons (Fsp3) is 0.474. The van der Waals surface area contributed by atoms with Crippen molar-refractivity contribution in [1.29, 1.82) is 0 Å². The van der Waals surface area contributed by atoms with E-state index in [1.807, 2.05) is 13.0 Å². The Balaban J connectivity index is 1.62. The lowest BCUT2D eigenvalue weighted by atomic mass is 9.73. The molecule has 1 aliphatic carbocycles. The van der Waals surface area contributed by atoms with Gasteiger partial charge in [-0.2, -0.15) is 4.31 Å². The second kappa shape index (κ2) is 6.76. The van der Waals surface area contributed by atoms with Gasteiger partial charge in [-0.25, -0.2) is 13.4 Å². The zero-order valence-electron chi connectivity index (χ0n) is 15.3. The molecule has 2 aromatic rings. The van der Waals surface area contributed by atoms with Gasteiger partial charge in [-0.15, -0.1) is 0 Å². The van der Waals surface area contributed by atoms with Crippen LogP contribution in [0.3, 0.4) is 0 Å². The fourth-order valence-electron chi connectivity index (χ4n) is 4.28. The molecule has 4 rings (SSSR count). The molecule has 7 nitrogen and oxygen atoms in total. The highest BCUT2D eigenvalue weighted by Crippen LogP contribution is 2.41. The molecule has 27 heavy (non-hydrogen) atoms. The Morgan fingerprint density at radius 2 is 2.15 bits per heavy atom. The van der Waals surface area contributed by atoms with Gasteiger partial charge < -0.3 is 9.72 Å². The van der Waals surface area contributed by atoms with Crippen LogP contribution in [0.5, 0.6) is 0 Å². The summed E-state index contributed by atoms with van der Waals surface area (Å²) in [6.07, 6.45) is 5.61. The number of carbonyl (C=O) groups excluding carboxylic acids is 1. The van der Waals surface area contributed by atoms with Crippen molar-refractivity contribution in [2.45, 2.75) is 18.7 Å². The largest absolute Gasteiger partial charge is 0.466 e. The summed E-state index contributed by atoms with van der Waals surface area (Å²) in [5, 5.41) is 0. The van der Waals surface area contributed by atoms with E-state index in [2.05, 4.69) is 16.0 Å². The number of carbonyl (C=O) groups is 1. The summed E-state index contributed by atoms with van der Waals surface area (Å²) in [5.41, 5.74) is 1.41. The van der Waals surface area contributed by atoms with Gasteiger partial charge in [0, 0.05) is 13.1 Å². The molecule has 0 amide bonds. The van der Waals surface area contributed by atoms with Crippen LogP contribution in [0.1, 0.15) is 13.8 Å². The topological polar surface area (TPSA) is 92.4 Å². The highest BCUT2D eigenvalue weighted by atomic mass is 32.2. The van der Waals surface area contributed by atoms with Crippen molar-refractivity contribution in [2.75, 3.05) is 19.7 Å². The second-order valence-corrected chi connectivity index (χ2v) is 9.19. The Bertz CT molecular complexity index is 997. The maximum atomic E-state index is 13.2. The molecule has 1 N–H and O–H groups in total. The van der Waals surface area contributed by atoms with Gasteiger partial charge in [0.2, 0.25) is 10.0 Å². The van der Waals surface area contributed by atoms with E-state index in [0.29, 0.717) is 25.2 Å². The first-order chi connectivity index (χ1) is 12.9. The first kappa shape index (κ1) is 18.2. The lowest BCUT2D eigenvalue weighted by molar-refractivity contribution is -0.152. The number of nitrogens with one attached hydrogen (secondary N) is 1. The van der Waals surface area contributed by atoms with Crippen molar-refractivity contribution in [3.8, 4) is 0 Å². The number of ether oxygens (including phenoxy) is 1. The summed E-state index contributed by atoms with van der Waals surface area (Å²) in [4.78, 5) is 19.8. The number of rotatable bonds is 4. The standard InChI is InChI=1S/C19H23N3O4S/c1-3-26-19(23)18-12(2)4-5-13-9-22(10-15(13)18)27(24,25)14-6-7-16-17(8-14)21-11-20-16/h4-8,11-13,15,18H,3,9-10H2,1-2H3,(H,20,21)/t12-,13-,15-,18-/m0/s1. The number of H-pyrrole nitrogens is 1. The average Bonchev–Trinajstić information content (AvgIpc) is 3.27. The van der Waals surface area contributed by atoms with Crippen LogP contribution in [0, 0.1) is 23.7 Å². The number of nitrogens with zero attached hydrogens (tertiary/aromatic N) is 2. The molecule has 8 heteroatoms. The molecular formula is C19H23N3O4S. The van der Waals surface area contributed by atoms with E-state index in [-0.39, 0.29) is 34.5 Å². The van der Waals surface area contributed by atoms with Crippen molar-refractivity contribution >= 4 is 27.0 Å². The van der Waals surface area contributed by atoms with E-state index in [9.17, 15) is 13.2 Å². The third kappa shape index (κ3) is 3.06. The minimum absolute atomic E-state index is 0.0290. The second-order valence-electron chi connectivity index (χ2n) is 7.25. The maximum absolute atomic E-state index is 13.2. The molecule has 2 aliphatic rings. The van der Waals surface area contributed by atoms with Crippen LogP contribution < -0.4 is 0 Å². The molecule has 1 aliphatic heterocycles. The molecule has 4 atom stereocenters. The number of allylic oxidation sites excluding steroid dienone is 1. The smallest absolute Gasteiger partial charge is 0.309 e. The van der Waals surface area contributed by atoms with E-state index in [1.54, 1.807) is 31.5 Å². The van der Waals surface area contributed by atoms with Crippen molar-refractivity contribution in [2.24, 2.45) is 23.7 Å². The minimum atomic E-state index is -3.65. The molecule has 0 radical (unpaired) electrons. The number of aromatic amines is 1. The zero-order chi connectivity index (χ0) is 19.2. The number of hydrogen-bond acceptors (Lipinski definition) is 5. The summed E-state index contributed by atoms with van der Waals surface area (Å²) in [6, 6.07) is 4.90. The van der Waals surface area contributed by atoms with Crippen LogP contribution >= 0.6 is 0 Å². The Hall–Kier alpha value is -2.19. The molecule has 1 aromatic heterocycles. The molecular weight excluding hydrogens is 366 g/mol. The van der Waals surface area contributed by atoms with Gasteiger partial charge in [0.25, 0.3) is 0 Å². The predicted molar refractivity (Wildman–Crippen MR) is 100 cm³/mol. The van der Waals surface area contributed by atoms with E-state index in [1.165, 1.54) is 4.31 Å². The van der Waals surface area contributed by atoms with Gasteiger partial charge in [-0.3, -0.25) is 4.79 Å². The lowest BCUT2D eigenvalue weighted by Gasteiger charge is -2.32.